The number of benzene rings is 1. The topological polar surface area (TPSA) is 75.4 Å². The van der Waals surface area contributed by atoms with Crippen molar-refractivity contribution < 1.29 is 10.2 Å². The predicted molar refractivity (Wildman–Crippen MR) is 77.0 cm³/mol. The first-order valence-corrected chi connectivity index (χ1v) is 6.35. The molecule has 3 aromatic rings. The molecule has 1 aromatic carbocycles. The molecule has 0 unspecified atom stereocenters. The number of rotatable bonds is 2. The molecule has 3 rings (SSSR count). The largest absolute Gasteiger partial charge is 0.508 e. The second kappa shape index (κ2) is 4.61. The summed E-state index contributed by atoms with van der Waals surface area (Å²) in [7, 11) is 0. The van der Waals surface area contributed by atoms with Crippen LogP contribution in [-0.4, -0.2) is 26.4 Å². The Bertz CT molecular complexity index is 868. The van der Waals surface area contributed by atoms with E-state index in [1.165, 1.54) is 10.6 Å². The molecule has 0 bridgehead atoms. The number of aromatic nitrogens is 2. The zero-order valence-electron chi connectivity index (χ0n) is 11.0. The Hall–Kier alpha value is -2.40. The Labute approximate surface area is 114 Å². The minimum absolute atomic E-state index is 0.0512. The van der Waals surface area contributed by atoms with Crippen LogP contribution in [0.1, 0.15) is 5.69 Å². The van der Waals surface area contributed by atoms with Crippen molar-refractivity contribution in [1.29, 1.82) is 0 Å². The molecule has 2 heterocycles. The van der Waals surface area contributed by atoms with E-state index in [0.29, 0.717) is 5.39 Å². The Balaban J connectivity index is 2.61. The molecule has 0 saturated heterocycles. The average molecular weight is 270 g/mol. The van der Waals surface area contributed by atoms with Gasteiger partial charge in [0.25, 0.3) is 5.56 Å². The first-order valence-electron chi connectivity index (χ1n) is 6.35. The SMILES string of the molecule is Cc1nccc2c3ccc(O)cc3c(=O)n(CCO)c12. The predicted octanol–water partition coefficient (Wildman–Crippen LogP) is 1.56. The molecule has 0 saturated carbocycles. The summed E-state index contributed by atoms with van der Waals surface area (Å²) >= 11 is 0. The highest BCUT2D eigenvalue weighted by Gasteiger charge is 2.13. The van der Waals surface area contributed by atoms with Crippen LogP contribution in [0.15, 0.2) is 35.3 Å². The summed E-state index contributed by atoms with van der Waals surface area (Å²) < 4.78 is 1.51. The van der Waals surface area contributed by atoms with Gasteiger partial charge in [0, 0.05) is 18.1 Å². The van der Waals surface area contributed by atoms with Crippen molar-refractivity contribution in [3.05, 3.63) is 46.5 Å². The van der Waals surface area contributed by atoms with Crippen LogP contribution in [0.3, 0.4) is 0 Å². The van der Waals surface area contributed by atoms with E-state index in [1.54, 1.807) is 18.3 Å². The fourth-order valence-corrected chi connectivity index (χ4v) is 2.62. The number of hydrogen-bond donors (Lipinski definition) is 2. The highest BCUT2D eigenvalue weighted by molar-refractivity contribution is 6.06. The third-order valence-electron chi connectivity index (χ3n) is 3.47. The van der Waals surface area contributed by atoms with Gasteiger partial charge >= 0.3 is 0 Å². The van der Waals surface area contributed by atoms with Gasteiger partial charge in [-0.05, 0) is 36.6 Å². The van der Waals surface area contributed by atoms with Gasteiger partial charge in [0.1, 0.15) is 5.75 Å². The molecule has 0 radical (unpaired) electrons. The van der Waals surface area contributed by atoms with Gasteiger partial charge in [-0.25, -0.2) is 0 Å². The molecule has 0 aliphatic heterocycles. The molecule has 0 aliphatic carbocycles. The van der Waals surface area contributed by atoms with Crippen LogP contribution in [0.2, 0.25) is 0 Å². The third kappa shape index (κ3) is 1.75. The van der Waals surface area contributed by atoms with E-state index >= 15 is 0 Å². The summed E-state index contributed by atoms with van der Waals surface area (Å²) in [6, 6.07) is 6.60. The van der Waals surface area contributed by atoms with Crippen LogP contribution in [0.5, 0.6) is 5.75 Å². The second-order valence-corrected chi connectivity index (χ2v) is 4.70. The number of phenolic OH excluding ortho intramolecular Hbond substituents is 1. The standard InChI is InChI=1S/C15H14N2O3/c1-9-14-12(4-5-16-9)11-3-2-10(19)8-13(11)15(20)17(14)6-7-18/h2-5,8,18-19H,6-7H2,1H3. The second-order valence-electron chi connectivity index (χ2n) is 4.70. The third-order valence-corrected chi connectivity index (χ3v) is 3.47. The number of fused-ring (bicyclic) bond motifs is 3. The maximum absolute atomic E-state index is 12.5. The number of aromatic hydroxyl groups is 1. The van der Waals surface area contributed by atoms with Gasteiger partial charge in [0.2, 0.25) is 0 Å². The smallest absolute Gasteiger partial charge is 0.259 e. The molecular formula is C15H14N2O3. The van der Waals surface area contributed by atoms with Crippen molar-refractivity contribution in [3.63, 3.8) is 0 Å². The van der Waals surface area contributed by atoms with Gasteiger partial charge in [0.15, 0.2) is 0 Å². The summed E-state index contributed by atoms with van der Waals surface area (Å²) in [6.45, 7) is 1.91. The molecule has 102 valence electrons. The van der Waals surface area contributed by atoms with E-state index in [0.717, 1.165) is 22.0 Å². The molecule has 0 amide bonds. The van der Waals surface area contributed by atoms with Gasteiger partial charge in [-0.2, -0.15) is 0 Å². The normalized spacial score (nSPS) is 11.3. The Morgan fingerprint density at radius 1 is 1.20 bits per heavy atom. The Morgan fingerprint density at radius 3 is 2.75 bits per heavy atom. The monoisotopic (exact) mass is 270 g/mol. The summed E-state index contributed by atoms with van der Waals surface area (Å²) in [5.74, 6) is 0.0512. The van der Waals surface area contributed by atoms with E-state index < -0.39 is 0 Å². The van der Waals surface area contributed by atoms with Crippen molar-refractivity contribution >= 4 is 21.7 Å². The number of nitrogens with zero attached hydrogens (tertiary/aromatic N) is 2. The molecular weight excluding hydrogens is 256 g/mol. The van der Waals surface area contributed by atoms with Gasteiger partial charge in [-0.3, -0.25) is 9.78 Å². The number of aliphatic hydroxyl groups is 1. The number of phenols is 1. The molecule has 5 heteroatoms. The fourth-order valence-electron chi connectivity index (χ4n) is 2.62. The summed E-state index contributed by atoms with van der Waals surface area (Å²) in [5.41, 5.74) is 1.24. The highest BCUT2D eigenvalue weighted by Crippen LogP contribution is 2.26. The number of aryl methyl sites for hydroxylation is 1. The van der Waals surface area contributed by atoms with Crippen molar-refractivity contribution in [2.24, 2.45) is 0 Å². The number of aliphatic hydroxyl groups excluding tert-OH is 1. The van der Waals surface area contributed by atoms with Crippen LogP contribution >= 0.6 is 0 Å². The van der Waals surface area contributed by atoms with Crippen molar-refractivity contribution in [2.45, 2.75) is 13.5 Å². The van der Waals surface area contributed by atoms with E-state index in [2.05, 4.69) is 4.98 Å². The Kier molecular flexibility index (Phi) is 2.91. The maximum atomic E-state index is 12.5. The van der Waals surface area contributed by atoms with Gasteiger partial charge < -0.3 is 14.8 Å². The van der Waals surface area contributed by atoms with Crippen LogP contribution < -0.4 is 5.56 Å². The van der Waals surface area contributed by atoms with Gasteiger partial charge in [-0.15, -0.1) is 0 Å². The van der Waals surface area contributed by atoms with Crippen LogP contribution in [0.25, 0.3) is 21.7 Å². The van der Waals surface area contributed by atoms with Gasteiger partial charge in [0.05, 0.1) is 23.2 Å². The molecule has 0 aliphatic rings. The van der Waals surface area contributed by atoms with Crippen LogP contribution in [0.4, 0.5) is 0 Å². The Morgan fingerprint density at radius 2 is 2.00 bits per heavy atom. The van der Waals surface area contributed by atoms with Crippen molar-refractivity contribution in [2.75, 3.05) is 6.61 Å². The fraction of sp³-hybridized carbons (Fsp3) is 0.200. The zero-order chi connectivity index (χ0) is 14.3. The lowest BCUT2D eigenvalue weighted by Gasteiger charge is -2.13. The van der Waals surface area contributed by atoms with Crippen LogP contribution in [0, 0.1) is 6.92 Å². The lowest BCUT2D eigenvalue weighted by molar-refractivity contribution is 0.276. The van der Waals surface area contributed by atoms with E-state index in [1.807, 2.05) is 13.0 Å². The lowest BCUT2D eigenvalue weighted by Crippen LogP contribution is -2.23. The summed E-state index contributed by atoms with van der Waals surface area (Å²) in [6.07, 6.45) is 1.69. The molecule has 2 N–H and O–H groups in total. The lowest BCUT2D eigenvalue weighted by atomic mass is 10.1. The van der Waals surface area contributed by atoms with Crippen molar-refractivity contribution in [1.82, 2.24) is 9.55 Å². The maximum Gasteiger partial charge on any atom is 0.259 e. The van der Waals surface area contributed by atoms with Gasteiger partial charge in [-0.1, -0.05) is 0 Å². The zero-order valence-corrected chi connectivity index (χ0v) is 11.0. The molecule has 0 atom stereocenters. The van der Waals surface area contributed by atoms with Crippen molar-refractivity contribution in [3.8, 4) is 5.75 Å². The molecule has 0 spiro atoms. The first kappa shape index (κ1) is 12.6. The minimum atomic E-state index is -0.228. The summed E-state index contributed by atoms with van der Waals surface area (Å²) in [4.78, 5) is 16.8. The number of hydrogen-bond acceptors (Lipinski definition) is 4. The highest BCUT2D eigenvalue weighted by atomic mass is 16.3. The quantitative estimate of drug-likeness (QED) is 0.693. The summed E-state index contributed by atoms with van der Waals surface area (Å²) in [5, 5.41) is 20.9. The molecule has 5 nitrogen and oxygen atoms in total. The number of pyridine rings is 2. The van der Waals surface area contributed by atoms with E-state index in [9.17, 15) is 15.0 Å². The molecule has 20 heavy (non-hydrogen) atoms. The van der Waals surface area contributed by atoms with E-state index in [-0.39, 0.29) is 24.5 Å². The molecule has 2 aromatic heterocycles. The minimum Gasteiger partial charge on any atom is -0.508 e. The molecule has 0 fully saturated rings. The van der Waals surface area contributed by atoms with E-state index in [4.69, 9.17) is 0 Å². The first-order chi connectivity index (χ1) is 9.63. The van der Waals surface area contributed by atoms with Crippen LogP contribution in [-0.2, 0) is 6.54 Å². The average Bonchev–Trinajstić information content (AvgIpc) is 2.43.